The van der Waals surface area contributed by atoms with Crippen molar-refractivity contribution < 1.29 is 9.13 Å². The van der Waals surface area contributed by atoms with Gasteiger partial charge < -0.3 is 10.1 Å². The predicted octanol–water partition coefficient (Wildman–Crippen LogP) is 1.95. The summed E-state index contributed by atoms with van der Waals surface area (Å²) in [4.78, 5) is 7.46. The summed E-state index contributed by atoms with van der Waals surface area (Å²) < 4.78 is 17.8. The maximum atomic E-state index is 12.5. The minimum atomic E-state index is -0.443. The number of rotatable bonds is 4. The van der Waals surface area contributed by atoms with Crippen LogP contribution in [0.4, 0.5) is 4.39 Å². The van der Waals surface area contributed by atoms with E-state index in [2.05, 4.69) is 15.3 Å². The molecule has 1 unspecified atom stereocenters. The van der Waals surface area contributed by atoms with Crippen LogP contribution in [0.25, 0.3) is 0 Å². The Kier molecular flexibility index (Phi) is 6.15. The fourth-order valence-corrected chi connectivity index (χ4v) is 1.84. The maximum Gasteiger partial charge on any atom is 0.316 e. The van der Waals surface area contributed by atoms with Crippen LogP contribution in [0.2, 0.25) is 0 Å². The lowest BCUT2D eigenvalue weighted by Gasteiger charge is -2.22. The molecule has 1 aromatic heterocycles. The van der Waals surface area contributed by atoms with Crippen LogP contribution < -0.4 is 10.1 Å². The lowest BCUT2D eigenvalue weighted by atomic mass is 10.0. The van der Waals surface area contributed by atoms with E-state index < -0.39 is 5.82 Å². The first-order valence-electron chi connectivity index (χ1n) is 5.68. The second kappa shape index (κ2) is 7.40. The van der Waals surface area contributed by atoms with E-state index in [4.69, 9.17) is 4.74 Å². The van der Waals surface area contributed by atoms with Gasteiger partial charge in [0.05, 0.1) is 19.0 Å². The zero-order chi connectivity index (χ0) is 11.2. The number of piperidine rings is 1. The Labute approximate surface area is 106 Å². The molecule has 96 valence electrons. The summed E-state index contributed by atoms with van der Waals surface area (Å²) in [7, 11) is 0. The molecule has 1 atom stereocenters. The van der Waals surface area contributed by atoms with Crippen molar-refractivity contribution in [3.8, 4) is 6.01 Å². The summed E-state index contributed by atoms with van der Waals surface area (Å²) in [6.45, 7) is 1.67. The minimum Gasteiger partial charge on any atom is -0.463 e. The molecule has 4 nitrogen and oxygen atoms in total. The third kappa shape index (κ3) is 4.83. The molecule has 0 radical (unpaired) electrons. The Morgan fingerprint density at radius 1 is 1.35 bits per heavy atom. The highest BCUT2D eigenvalue weighted by molar-refractivity contribution is 5.85. The molecule has 0 saturated carbocycles. The van der Waals surface area contributed by atoms with E-state index in [1.54, 1.807) is 0 Å². The number of hydrogen-bond acceptors (Lipinski definition) is 4. The number of ether oxygens (including phenoxy) is 1. The van der Waals surface area contributed by atoms with Crippen molar-refractivity contribution in [2.75, 3.05) is 13.2 Å². The van der Waals surface area contributed by atoms with Crippen LogP contribution in [0.15, 0.2) is 12.4 Å². The van der Waals surface area contributed by atoms with Crippen molar-refractivity contribution in [2.24, 2.45) is 0 Å². The Morgan fingerprint density at radius 2 is 2.12 bits per heavy atom. The summed E-state index contributed by atoms with van der Waals surface area (Å²) in [5.74, 6) is -0.443. The lowest BCUT2D eigenvalue weighted by Crippen LogP contribution is -2.35. The minimum absolute atomic E-state index is 0. The topological polar surface area (TPSA) is 47.0 Å². The largest absolute Gasteiger partial charge is 0.463 e. The maximum absolute atomic E-state index is 12.5. The molecule has 0 bridgehead atoms. The molecule has 2 heterocycles. The SMILES string of the molecule is Cl.Fc1cnc(OCCC2CCCCN2)nc1. The van der Waals surface area contributed by atoms with Gasteiger partial charge in [0.2, 0.25) is 0 Å². The molecule has 1 aromatic rings. The van der Waals surface area contributed by atoms with Gasteiger partial charge in [-0.25, -0.2) is 14.4 Å². The summed E-state index contributed by atoms with van der Waals surface area (Å²) in [5, 5.41) is 3.43. The van der Waals surface area contributed by atoms with Gasteiger partial charge in [0.1, 0.15) is 0 Å². The molecule has 0 aromatic carbocycles. The van der Waals surface area contributed by atoms with Gasteiger partial charge in [0.25, 0.3) is 0 Å². The average molecular weight is 262 g/mol. The molecule has 6 heteroatoms. The number of nitrogens with one attached hydrogen (secondary N) is 1. The first-order valence-corrected chi connectivity index (χ1v) is 5.68. The average Bonchev–Trinajstić information content (AvgIpc) is 2.33. The number of hydrogen-bond donors (Lipinski definition) is 1. The van der Waals surface area contributed by atoms with Crippen molar-refractivity contribution in [1.29, 1.82) is 0 Å². The van der Waals surface area contributed by atoms with Crippen LogP contribution in [0.5, 0.6) is 6.01 Å². The second-order valence-electron chi connectivity index (χ2n) is 3.97. The molecule has 0 aliphatic carbocycles. The zero-order valence-electron chi connectivity index (χ0n) is 9.56. The number of aromatic nitrogens is 2. The number of halogens is 2. The molecule has 1 saturated heterocycles. The van der Waals surface area contributed by atoms with Gasteiger partial charge in [0, 0.05) is 6.04 Å². The lowest BCUT2D eigenvalue weighted by molar-refractivity contribution is 0.251. The zero-order valence-corrected chi connectivity index (χ0v) is 10.4. The first kappa shape index (κ1) is 14.1. The molecule has 1 fully saturated rings. The van der Waals surface area contributed by atoms with E-state index in [1.165, 1.54) is 19.3 Å². The summed E-state index contributed by atoms with van der Waals surface area (Å²) in [5.41, 5.74) is 0. The Bertz CT molecular complexity index is 317. The van der Waals surface area contributed by atoms with Crippen LogP contribution >= 0.6 is 12.4 Å². The Morgan fingerprint density at radius 3 is 2.76 bits per heavy atom. The van der Waals surface area contributed by atoms with Gasteiger partial charge in [-0.3, -0.25) is 0 Å². The predicted molar refractivity (Wildman–Crippen MR) is 65.0 cm³/mol. The van der Waals surface area contributed by atoms with Crippen LogP contribution in [0.1, 0.15) is 25.7 Å². The van der Waals surface area contributed by atoms with Gasteiger partial charge in [-0.15, -0.1) is 12.4 Å². The standard InChI is InChI=1S/C11H16FN3O.ClH/c12-9-7-14-11(15-8-9)16-6-4-10-3-1-2-5-13-10;/h7-8,10,13H,1-6H2;1H. The summed E-state index contributed by atoms with van der Waals surface area (Å²) in [6.07, 6.45) is 6.92. The van der Waals surface area contributed by atoms with Crippen LogP contribution in [0.3, 0.4) is 0 Å². The molecule has 1 aliphatic rings. The van der Waals surface area contributed by atoms with Crippen molar-refractivity contribution >= 4 is 12.4 Å². The van der Waals surface area contributed by atoms with Gasteiger partial charge >= 0.3 is 6.01 Å². The molecular weight excluding hydrogens is 245 g/mol. The smallest absolute Gasteiger partial charge is 0.316 e. The second-order valence-corrected chi connectivity index (χ2v) is 3.97. The van der Waals surface area contributed by atoms with Gasteiger partial charge in [-0.2, -0.15) is 0 Å². The molecule has 17 heavy (non-hydrogen) atoms. The van der Waals surface area contributed by atoms with Crippen LogP contribution in [-0.4, -0.2) is 29.2 Å². The molecule has 1 aliphatic heterocycles. The van der Waals surface area contributed by atoms with E-state index >= 15 is 0 Å². The Balaban J connectivity index is 0.00000144. The van der Waals surface area contributed by atoms with E-state index in [0.29, 0.717) is 12.6 Å². The van der Waals surface area contributed by atoms with Crippen molar-refractivity contribution in [2.45, 2.75) is 31.7 Å². The Hall–Kier alpha value is -0.940. The van der Waals surface area contributed by atoms with E-state index in [0.717, 1.165) is 25.4 Å². The molecule has 2 rings (SSSR count). The summed E-state index contributed by atoms with van der Waals surface area (Å²) in [6, 6.07) is 0.784. The van der Waals surface area contributed by atoms with E-state index in [1.807, 2.05) is 0 Å². The monoisotopic (exact) mass is 261 g/mol. The molecular formula is C11H17ClFN3O. The fraction of sp³-hybridized carbons (Fsp3) is 0.636. The fourth-order valence-electron chi connectivity index (χ4n) is 1.84. The van der Waals surface area contributed by atoms with Crippen molar-refractivity contribution in [3.63, 3.8) is 0 Å². The van der Waals surface area contributed by atoms with E-state index in [9.17, 15) is 4.39 Å². The summed E-state index contributed by atoms with van der Waals surface area (Å²) >= 11 is 0. The third-order valence-electron chi connectivity index (χ3n) is 2.71. The van der Waals surface area contributed by atoms with Gasteiger partial charge in [0.15, 0.2) is 5.82 Å². The van der Waals surface area contributed by atoms with Gasteiger partial charge in [-0.05, 0) is 25.8 Å². The van der Waals surface area contributed by atoms with Crippen molar-refractivity contribution in [1.82, 2.24) is 15.3 Å². The van der Waals surface area contributed by atoms with E-state index in [-0.39, 0.29) is 18.4 Å². The first-order chi connectivity index (χ1) is 7.84. The molecule has 1 N–H and O–H groups in total. The highest BCUT2D eigenvalue weighted by atomic mass is 35.5. The molecule has 0 amide bonds. The quantitative estimate of drug-likeness (QED) is 0.900. The van der Waals surface area contributed by atoms with Crippen LogP contribution in [-0.2, 0) is 0 Å². The number of nitrogens with zero attached hydrogens (tertiary/aromatic N) is 2. The highest BCUT2D eigenvalue weighted by Gasteiger charge is 2.12. The molecule has 0 spiro atoms. The van der Waals surface area contributed by atoms with Crippen LogP contribution in [0, 0.1) is 5.82 Å². The third-order valence-corrected chi connectivity index (χ3v) is 2.71. The van der Waals surface area contributed by atoms with Crippen molar-refractivity contribution in [3.05, 3.63) is 18.2 Å². The normalized spacial score (nSPS) is 19.5. The van der Waals surface area contributed by atoms with Gasteiger partial charge in [-0.1, -0.05) is 6.42 Å². The highest BCUT2D eigenvalue weighted by Crippen LogP contribution is 2.10.